The van der Waals surface area contributed by atoms with E-state index in [1.54, 1.807) is 0 Å². The number of hydrogen-bond donors (Lipinski definition) is 1. The zero-order valence-corrected chi connectivity index (χ0v) is 10.3. The van der Waals surface area contributed by atoms with E-state index in [1.807, 2.05) is 0 Å². The standard InChI is InChI=1S/C12H27NO/c1-5-8-11(4)13(9-10-14)12(6-2)7-3/h11-12,14H,5-10H2,1-4H3. The molecular weight excluding hydrogens is 174 g/mol. The lowest BCUT2D eigenvalue weighted by atomic mass is 10.1. The van der Waals surface area contributed by atoms with Gasteiger partial charge in [-0.2, -0.15) is 0 Å². The van der Waals surface area contributed by atoms with Gasteiger partial charge in [0.25, 0.3) is 0 Å². The molecule has 14 heavy (non-hydrogen) atoms. The lowest BCUT2D eigenvalue weighted by molar-refractivity contribution is 0.0995. The Balaban J connectivity index is 4.23. The third kappa shape index (κ3) is 4.43. The molecule has 0 radical (unpaired) electrons. The van der Waals surface area contributed by atoms with E-state index >= 15 is 0 Å². The molecule has 0 rings (SSSR count). The average molecular weight is 201 g/mol. The molecule has 0 bridgehead atoms. The molecule has 0 aromatic heterocycles. The van der Waals surface area contributed by atoms with Gasteiger partial charge in [0.2, 0.25) is 0 Å². The van der Waals surface area contributed by atoms with Gasteiger partial charge in [0.1, 0.15) is 0 Å². The maximum absolute atomic E-state index is 9.05. The molecule has 86 valence electrons. The normalized spacial score (nSPS) is 13.9. The van der Waals surface area contributed by atoms with Gasteiger partial charge in [-0.3, -0.25) is 4.90 Å². The first-order valence-electron chi connectivity index (χ1n) is 6.07. The number of aliphatic hydroxyl groups is 1. The summed E-state index contributed by atoms with van der Waals surface area (Å²) in [5.74, 6) is 0. The van der Waals surface area contributed by atoms with Crippen LogP contribution in [0.25, 0.3) is 0 Å². The van der Waals surface area contributed by atoms with Crippen molar-refractivity contribution in [2.75, 3.05) is 13.2 Å². The summed E-state index contributed by atoms with van der Waals surface area (Å²) in [5, 5.41) is 9.05. The van der Waals surface area contributed by atoms with Crippen LogP contribution in [0.3, 0.4) is 0 Å². The van der Waals surface area contributed by atoms with Crippen LogP contribution in [-0.2, 0) is 0 Å². The Kier molecular flexibility index (Phi) is 8.20. The van der Waals surface area contributed by atoms with Gasteiger partial charge in [-0.15, -0.1) is 0 Å². The summed E-state index contributed by atoms with van der Waals surface area (Å²) >= 11 is 0. The molecule has 0 amide bonds. The second kappa shape index (κ2) is 8.25. The maximum Gasteiger partial charge on any atom is 0.0558 e. The van der Waals surface area contributed by atoms with Crippen molar-refractivity contribution in [3.8, 4) is 0 Å². The van der Waals surface area contributed by atoms with E-state index in [1.165, 1.54) is 25.7 Å². The highest BCUT2D eigenvalue weighted by Crippen LogP contribution is 2.15. The van der Waals surface area contributed by atoms with Crippen molar-refractivity contribution in [1.29, 1.82) is 0 Å². The Morgan fingerprint density at radius 2 is 1.71 bits per heavy atom. The quantitative estimate of drug-likeness (QED) is 0.652. The van der Waals surface area contributed by atoms with E-state index < -0.39 is 0 Å². The highest BCUT2D eigenvalue weighted by atomic mass is 16.3. The molecule has 0 aromatic rings. The predicted octanol–water partition coefficient (Wildman–Crippen LogP) is 2.66. The van der Waals surface area contributed by atoms with Gasteiger partial charge in [0, 0.05) is 18.6 Å². The Bertz CT molecular complexity index is 123. The van der Waals surface area contributed by atoms with Gasteiger partial charge in [0.15, 0.2) is 0 Å². The number of rotatable bonds is 8. The third-order valence-electron chi connectivity index (χ3n) is 3.04. The summed E-state index contributed by atoms with van der Waals surface area (Å²) in [4.78, 5) is 2.46. The number of nitrogens with zero attached hydrogens (tertiary/aromatic N) is 1. The minimum absolute atomic E-state index is 0.282. The molecule has 1 atom stereocenters. The smallest absolute Gasteiger partial charge is 0.0558 e. The van der Waals surface area contributed by atoms with Crippen molar-refractivity contribution in [3.05, 3.63) is 0 Å². The Labute approximate surface area is 89.3 Å². The summed E-state index contributed by atoms with van der Waals surface area (Å²) in [6, 6.07) is 1.25. The van der Waals surface area contributed by atoms with Crippen molar-refractivity contribution in [3.63, 3.8) is 0 Å². The van der Waals surface area contributed by atoms with Gasteiger partial charge < -0.3 is 5.11 Å². The Morgan fingerprint density at radius 1 is 1.14 bits per heavy atom. The van der Waals surface area contributed by atoms with Gasteiger partial charge in [-0.05, 0) is 26.2 Å². The van der Waals surface area contributed by atoms with E-state index in [9.17, 15) is 0 Å². The van der Waals surface area contributed by atoms with E-state index in [4.69, 9.17) is 5.11 Å². The fraction of sp³-hybridized carbons (Fsp3) is 1.00. The average Bonchev–Trinajstić information content (AvgIpc) is 2.18. The molecule has 0 fully saturated rings. The van der Waals surface area contributed by atoms with Crippen LogP contribution in [0.1, 0.15) is 53.4 Å². The van der Waals surface area contributed by atoms with Crippen LogP contribution in [0.2, 0.25) is 0 Å². The van der Waals surface area contributed by atoms with Gasteiger partial charge in [-0.25, -0.2) is 0 Å². The van der Waals surface area contributed by atoms with E-state index in [-0.39, 0.29) is 6.61 Å². The fourth-order valence-corrected chi connectivity index (χ4v) is 2.22. The molecule has 2 nitrogen and oxygen atoms in total. The highest BCUT2D eigenvalue weighted by Gasteiger charge is 2.19. The monoisotopic (exact) mass is 201 g/mol. The molecule has 0 aliphatic heterocycles. The van der Waals surface area contributed by atoms with Crippen LogP contribution in [0.4, 0.5) is 0 Å². The first-order chi connectivity index (χ1) is 6.71. The van der Waals surface area contributed by atoms with Crippen molar-refractivity contribution in [2.24, 2.45) is 0 Å². The second-order valence-corrected chi connectivity index (χ2v) is 4.07. The van der Waals surface area contributed by atoms with Gasteiger partial charge >= 0.3 is 0 Å². The van der Waals surface area contributed by atoms with Crippen LogP contribution in [-0.4, -0.2) is 35.2 Å². The van der Waals surface area contributed by atoms with E-state index in [0.29, 0.717) is 12.1 Å². The van der Waals surface area contributed by atoms with Gasteiger partial charge in [-0.1, -0.05) is 27.2 Å². The second-order valence-electron chi connectivity index (χ2n) is 4.07. The Hall–Kier alpha value is -0.0800. The fourth-order valence-electron chi connectivity index (χ4n) is 2.22. The van der Waals surface area contributed by atoms with Crippen molar-refractivity contribution < 1.29 is 5.11 Å². The van der Waals surface area contributed by atoms with Crippen molar-refractivity contribution >= 4 is 0 Å². The molecule has 0 spiro atoms. The molecule has 0 aliphatic rings. The first kappa shape index (κ1) is 13.9. The third-order valence-corrected chi connectivity index (χ3v) is 3.04. The summed E-state index contributed by atoms with van der Waals surface area (Å²) < 4.78 is 0. The molecule has 2 heteroatoms. The van der Waals surface area contributed by atoms with E-state index in [0.717, 1.165) is 6.54 Å². The molecule has 0 heterocycles. The van der Waals surface area contributed by atoms with Crippen LogP contribution in [0, 0.1) is 0 Å². The summed E-state index contributed by atoms with van der Waals surface area (Å²) in [7, 11) is 0. The Morgan fingerprint density at radius 3 is 2.07 bits per heavy atom. The molecular formula is C12H27NO. The summed E-state index contributed by atoms with van der Waals surface area (Å²) in [6.45, 7) is 10.1. The molecule has 0 aliphatic carbocycles. The molecule has 1 unspecified atom stereocenters. The predicted molar refractivity (Wildman–Crippen MR) is 62.5 cm³/mol. The lowest BCUT2D eigenvalue weighted by Crippen LogP contribution is -2.43. The zero-order valence-electron chi connectivity index (χ0n) is 10.3. The lowest BCUT2D eigenvalue weighted by Gasteiger charge is -2.35. The zero-order chi connectivity index (χ0) is 11.0. The SMILES string of the molecule is CCCC(C)N(CCO)C(CC)CC. The van der Waals surface area contributed by atoms with Crippen LogP contribution in [0.5, 0.6) is 0 Å². The number of hydrogen-bond acceptors (Lipinski definition) is 2. The van der Waals surface area contributed by atoms with Crippen LogP contribution in [0.15, 0.2) is 0 Å². The minimum Gasteiger partial charge on any atom is -0.395 e. The highest BCUT2D eigenvalue weighted by molar-refractivity contribution is 4.74. The van der Waals surface area contributed by atoms with E-state index in [2.05, 4.69) is 32.6 Å². The van der Waals surface area contributed by atoms with Crippen molar-refractivity contribution in [1.82, 2.24) is 4.90 Å². The van der Waals surface area contributed by atoms with Crippen LogP contribution < -0.4 is 0 Å². The van der Waals surface area contributed by atoms with Gasteiger partial charge in [0.05, 0.1) is 6.61 Å². The van der Waals surface area contributed by atoms with Crippen LogP contribution >= 0.6 is 0 Å². The summed E-state index contributed by atoms with van der Waals surface area (Å²) in [5.41, 5.74) is 0. The topological polar surface area (TPSA) is 23.5 Å². The molecule has 0 saturated heterocycles. The largest absolute Gasteiger partial charge is 0.395 e. The number of aliphatic hydroxyl groups excluding tert-OH is 1. The molecule has 0 saturated carbocycles. The molecule has 0 aromatic carbocycles. The summed E-state index contributed by atoms with van der Waals surface area (Å²) in [6.07, 6.45) is 4.83. The first-order valence-corrected chi connectivity index (χ1v) is 6.07. The van der Waals surface area contributed by atoms with Crippen molar-refractivity contribution in [2.45, 2.75) is 65.5 Å². The molecule has 1 N–H and O–H groups in total. The minimum atomic E-state index is 0.282. The maximum atomic E-state index is 9.05.